The summed E-state index contributed by atoms with van der Waals surface area (Å²) in [6.45, 7) is 0. The summed E-state index contributed by atoms with van der Waals surface area (Å²) in [5.41, 5.74) is -0.753. The van der Waals surface area contributed by atoms with Crippen LogP contribution in [0.5, 0.6) is 0 Å². The minimum absolute atomic E-state index is 0.00889. The standard InChI is InChI=1S/C12H12BrF3O/c13-8-4-5-9(10(6-8)12(14,15)16)11(17)7-2-1-3-7/h4-7,11,17H,1-3H2. The van der Waals surface area contributed by atoms with E-state index >= 15 is 0 Å². The molecule has 0 amide bonds. The first-order valence-corrected chi connectivity index (χ1v) is 6.23. The van der Waals surface area contributed by atoms with Gasteiger partial charge in [0.15, 0.2) is 0 Å². The van der Waals surface area contributed by atoms with E-state index in [0.29, 0.717) is 4.47 Å². The lowest BCUT2D eigenvalue weighted by Crippen LogP contribution is -2.22. The van der Waals surface area contributed by atoms with Crippen molar-refractivity contribution in [2.75, 3.05) is 0 Å². The summed E-state index contributed by atoms with van der Waals surface area (Å²) in [4.78, 5) is 0. The molecule has 0 heterocycles. The summed E-state index contributed by atoms with van der Waals surface area (Å²) in [6.07, 6.45) is -2.85. The number of hydrogen-bond acceptors (Lipinski definition) is 1. The van der Waals surface area contributed by atoms with E-state index in [1.54, 1.807) is 0 Å². The molecule has 0 aliphatic heterocycles. The van der Waals surface area contributed by atoms with Crippen LogP contribution in [0.2, 0.25) is 0 Å². The Morgan fingerprint density at radius 1 is 1.29 bits per heavy atom. The van der Waals surface area contributed by atoms with E-state index < -0.39 is 17.8 Å². The molecule has 0 spiro atoms. The van der Waals surface area contributed by atoms with E-state index in [9.17, 15) is 18.3 Å². The van der Waals surface area contributed by atoms with Crippen molar-refractivity contribution in [1.29, 1.82) is 0 Å². The molecular formula is C12H12BrF3O. The van der Waals surface area contributed by atoms with Crippen molar-refractivity contribution in [2.45, 2.75) is 31.5 Å². The third kappa shape index (κ3) is 2.65. The van der Waals surface area contributed by atoms with Gasteiger partial charge in [0.25, 0.3) is 0 Å². The summed E-state index contributed by atoms with van der Waals surface area (Å²) >= 11 is 3.02. The van der Waals surface area contributed by atoms with E-state index in [2.05, 4.69) is 15.9 Å². The predicted octanol–water partition coefficient (Wildman–Crippen LogP) is 4.30. The second-order valence-corrected chi connectivity index (χ2v) is 5.28. The van der Waals surface area contributed by atoms with Gasteiger partial charge in [-0.2, -0.15) is 13.2 Å². The number of aliphatic hydroxyl groups is 1. The number of aliphatic hydroxyl groups excluding tert-OH is 1. The number of alkyl halides is 3. The molecule has 0 bridgehead atoms. The van der Waals surface area contributed by atoms with Crippen molar-refractivity contribution < 1.29 is 18.3 Å². The fourth-order valence-electron chi connectivity index (χ4n) is 2.04. The molecule has 1 N–H and O–H groups in total. The van der Waals surface area contributed by atoms with Gasteiger partial charge in [-0.15, -0.1) is 0 Å². The highest BCUT2D eigenvalue weighted by molar-refractivity contribution is 9.10. The van der Waals surface area contributed by atoms with Gasteiger partial charge in [0.05, 0.1) is 11.7 Å². The Morgan fingerprint density at radius 3 is 2.41 bits per heavy atom. The first kappa shape index (κ1) is 12.9. The number of halogens is 4. The number of benzene rings is 1. The molecule has 2 rings (SSSR count). The minimum Gasteiger partial charge on any atom is -0.388 e. The lowest BCUT2D eigenvalue weighted by molar-refractivity contribution is -0.139. The molecule has 1 aromatic carbocycles. The zero-order chi connectivity index (χ0) is 12.6. The topological polar surface area (TPSA) is 20.2 Å². The highest BCUT2D eigenvalue weighted by Gasteiger charge is 2.37. The third-order valence-electron chi connectivity index (χ3n) is 3.24. The smallest absolute Gasteiger partial charge is 0.388 e. The van der Waals surface area contributed by atoms with Crippen LogP contribution in [0.3, 0.4) is 0 Å². The van der Waals surface area contributed by atoms with Gasteiger partial charge in [-0.1, -0.05) is 28.4 Å². The Hall–Kier alpha value is -0.550. The Labute approximate surface area is 106 Å². The monoisotopic (exact) mass is 308 g/mol. The largest absolute Gasteiger partial charge is 0.416 e. The average molecular weight is 309 g/mol. The second-order valence-electron chi connectivity index (χ2n) is 4.37. The summed E-state index contributed by atoms with van der Waals surface area (Å²) in [5, 5.41) is 9.96. The third-order valence-corrected chi connectivity index (χ3v) is 3.73. The maximum atomic E-state index is 12.8. The molecule has 94 valence electrons. The number of rotatable bonds is 2. The van der Waals surface area contributed by atoms with Crippen molar-refractivity contribution >= 4 is 15.9 Å². The molecule has 1 aliphatic rings. The Kier molecular flexibility index (Phi) is 3.50. The van der Waals surface area contributed by atoms with E-state index in [-0.39, 0.29) is 11.5 Å². The Balaban J connectivity index is 2.38. The fourth-order valence-corrected chi connectivity index (χ4v) is 2.40. The van der Waals surface area contributed by atoms with Crippen molar-refractivity contribution in [2.24, 2.45) is 5.92 Å². The van der Waals surface area contributed by atoms with Gasteiger partial charge in [0.1, 0.15) is 0 Å². The highest BCUT2D eigenvalue weighted by Crippen LogP contribution is 2.43. The maximum absolute atomic E-state index is 12.8. The van der Waals surface area contributed by atoms with E-state index in [4.69, 9.17) is 0 Å². The maximum Gasteiger partial charge on any atom is 0.416 e. The van der Waals surface area contributed by atoms with Gasteiger partial charge >= 0.3 is 6.18 Å². The molecule has 1 aromatic rings. The molecular weight excluding hydrogens is 297 g/mol. The van der Waals surface area contributed by atoms with Gasteiger partial charge in [0, 0.05) is 4.47 Å². The molecule has 1 nitrogen and oxygen atoms in total. The fraction of sp³-hybridized carbons (Fsp3) is 0.500. The minimum atomic E-state index is -4.43. The van der Waals surface area contributed by atoms with Crippen LogP contribution >= 0.6 is 15.9 Å². The SMILES string of the molecule is OC(c1ccc(Br)cc1C(F)(F)F)C1CCC1. The molecule has 5 heteroatoms. The summed E-state index contributed by atoms with van der Waals surface area (Å²) in [5.74, 6) is -0.0303. The normalized spacial score (nSPS) is 18.9. The average Bonchev–Trinajstić information content (AvgIpc) is 2.13. The van der Waals surface area contributed by atoms with Gasteiger partial charge in [-0.3, -0.25) is 0 Å². The molecule has 17 heavy (non-hydrogen) atoms. The summed E-state index contributed by atoms with van der Waals surface area (Å²) < 4.78 is 38.9. The summed E-state index contributed by atoms with van der Waals surface area (Å²) in [6, 6.07) is 3.92. The first-order chi connectivity index (χ1) is 7.89. The van der Waals surface area contributed by atoms with Crippen LogP contribution in [-0.2, 0) is 6.18 Å². The van der Waals surface area contributed by atoms with Crippen LogP contribution in [0.25, 0.3) is 0 Å². The van der Waals surface area contributed by atoms with E-state index in [1.165, 1.54) is 12.1 Å². The van der Waals surface area contributed by atoms with Gasteiger partial charge in [-0.05, 0) is 36.5 Å². The van der Waals surface area contributed by atoms with Crippen LogP contribution < -0.4 is 0 Å². The second kappa shape index (κ2) is 4.61. The highest BCUT2D eigenvalue weighted by atomic mass is 79.9. The molecule has 1 fully saturated rings. The molecule has 1 saturated carbocycles. The predicted molar refractivity (Wildman–Crippen MR) is 61.4 cm³/mol. The van der Waals surface area contributed by atoms with Crippen LogP contribution in [0.1, 0.15) is 36.5 Å². The zero-order valence-electron chi connectivity index (χ0n) is 8.97. The molecule has 0 saturated heterocycles. The van der Waals surface area contributed by atoms with Gasteiger partial charge < -0.3 is 5.11 Å². The van der Waals surface area contributed by atoms with Crippen LogP contribution in [0.4, 0.5) is 13.2 Å². The van der Waals surface area contributed by atoms with Gasteiger partial charge in [0.2, 0.25) is 0 Å². The van der Waals surface area contributed by atoms with Crippen molar-refractivity contribution in [3.05, 3.63) is 33.8 Å². The molecule has 1 aliphatic carbocycles. The molecule has 1 atom stereocenters. The van der Waals surface area contributed by atoms with E-state index in [1.807, 2.05) is 0 Å². The van der Waals surface area contributed by atoms with Crippen LogP contribution in [0.15, 0.2) is 22.7 Å². The summed E-state index contributed by atoms with van der Waals surface area (Å²) in [7, 11) is 0. The van der Waals surface area contributed by atoms with Crippen LogP contribution in [0, 0.1) is 5.92 Å². The van der Waals surface area contributed by atoms with Crippen molar-refractivity contribution in [1.82, 2.24) is 0 Å². The quantitative estimate of drug-likeness (QED) is 0.863. The van der Waals surface area contributed by atoms with E-state index in [0.717, 1.165) is 25.3 Å². The lowest BCUT2D eigenvalue weighted by Gasteiger charge is -2.31. The molecule has 1 unspecified atom stereocenters. The lowest BCUT2D eigenvalue weighted by atomic mass is 9.78. The first-order valence-electron chi connectivity index (χ1n) is 5.44. The molecule has 0 radical (unpaired) electrons. The Morgan fingerprint density at radius 2 is 1.94 bits per heavy atom. The molecule has 0 aromatic heterocycles. The van der Waals surface area contributed by atoms with Crippen LogP contribution in [-0.4, -0.2) is 5.11 Å². The zero-order valence-corrected chi connectivity index (χ0v) is 10.6. The van der Waals surface area contributed by atoms with Crippen molar-refractivity contribution in [3.63, 3.8) is 0 Å². The number of hydrogen-bond donors (Lipinski definition) is 1. The van der Waals surface area contributed by atoms with Crippen molar-refractivity contribution in [3.8, 4) is 0 Å². The Bertz CT molecular complexity index is 413. The van der Waals surface area contributed by atoms with Gasteiger partial charge in [-0.25, -0.2) is 0 Å².